The predicted octanol–water partition coefficient (Wildman–Crippen LogP) is 7.17. The fourth-order valence-electron chi connectivity index (χ4n) is 4.67. The van der Waals surface area contributed by atoms with E-state index in [1.165, 1.54) is 42.1 Å². The highest BCUT2D eigenvalue weighted by atomic mass is 35.5. The second kappa shape index (κ2) is 13.9. The average Bonchev–Trinajstić information content (AvgIpc) is 3.52. The first kappa shape index (κ1) is 31.5. The van der Waals surface area contributed by atoms with Crippen molar-refractivity contribution in [2.24, 2.45) is 0 Å². The Morgan fingerprint density at radius 1 is 1.00 bits per heavy atom. The second-order valence-electron chi connectivity index (χ2n) is 10.5. The molecule has 6 aromatic rings. The van der Waals surface area contributed by atoms with E-state index >= 15 is 0 Å². The summed E-state index contributed by atoms with van der Waals surface area (Å²) in [7, 11) is -1.59. The third kappa shape index (κ3) is 7.65. The number of aromatic nitrogens is 4. The van der Waals surface area contributed by atoms with Crippen molar-refractivity contribution in [1.29, 1.82) is 0 Å². The van der Waals surface area contributed by atoms with Crippen LogP contribution in [0.2, 0.25) is 5.02 Å². The SMILES string of the molecule is CN(CCS(=O)(=O)c1ccccn1)Cc1nc(-c2ccc3ncnc(Nc4ccc(OCc5cccc(F)c5)c(Cl)c4)c3c2)cs1. The average molecular weight is 675 g/mol. The largest absolute Gasteiger partial charge is 0.487 e. The fourth-order valence-corrected chi connectivity index (χ4v) is 7.06. The van der Waals surface area contributed by atoms with Crippen LogP contribution < -0.4 is 10.1 Å². The third-order valence-corrected chi connectivity index (χ3v) is 9.79. The highest BCUT2D eigenvalue weighted by Crippen LogP contribution is 2.33. The smallest absolute Gasteiger partial charge is 0.196 e. The Morgan fingerprint density at radius 3 is 2.70 bits per heavy atom. The van der Waals surface area contributed by atoms with E-state index in [-0.39, 0.29) is 23.2 Å². The van der Waals surface area contributed by atoms with E-state index in [1.807, 2.05) is 41.6 Å². The van der Waals surface area contributed by atoms with E-state index < -0.39 is 9.84 Å². The van der Waals surface area contributed by atoms with Gasteiger partial charge in [-0.2, -0.15) is 0 Å². The summed E-state index contributed by atoms with van der Waals surface area (Å²) in [6.07, 6.45) is 2.97. The van der Waals surface area contributed by atoms with Gasteiger partial charge in [0, 0.05) is 34.8 Å². The summed E-state index contributed by atoms with van der Waals surface area (Å²) < 4.78 is 44.5. The molecule has 0 spiro atoms. The molecule has 3 aromatic heterocycles. The Morgan fingerprint density at radius 2 is 1.89 bits per heavy atom. The first-order valence-corrected chi connectivity index (χ1v) is 17.1. The lowest BCUT2D eigenvalue weighted by Gasteiger charge is -2.14. The Kier molecular flexibility index (Phi) is 9.50. The molecule has 0 bridgehead atoms. The zero-order valence-corrected chi connectivity index (χ0v) is 27.0. The molecule has 0 aliphatic rings. The molecule has 1 N–H and O–H groups in total. The zero-order valence-electron chi connectivity index (χ0n) is 24.6. The molecule has 0 amide bonds. The van der Waals surface area contributed by atoms with Crippen LogP contribution in [0.15, 0.2) is 102 Å². The number of benzene rings is 3. The summed E-state index contributed by atoms with van der Waals surface area (Å²) in [5, 5.41) is 7.45. The molecule has 3 heterocycles. The van der Waals surface area contributed by atoms with Gasteiger partial charge in [0.25, 0.3) is 0 Å². The topological polar surface area (TPSA) is 110 Å². The molecule has 9 nitrogen and oxygen atoms in total. The summed E-state index contributed by atoms with van der Waals surface area (Å²) in [5.41, 5.74) is 3.86. The van der Waals surface area contributed by atoms with Gasteiger partial charge in [0.05, 0.1) is 28.5 Å². The lowest BCUT2D eigenvalue weighted by atomic mass is 10.1. The van der Waals surface area contributed by atoms with Gasteiger partial charge in [-0.15, -0.1) is 11.3 Å². The Hall–Kier alpha value is -4.49. The minimum Gasteiger partial charge on any atom is -0.487 e. The lowest BCUT2D eigenvalue weighted by Crippen LogP contribution is -2.25. The van der Waals surface area contributed by atoms with Crippen LogP contribution >= 0.6 is 22.9 Å². The Labute approximate surface area is 274 Å². The van der Waals surface area contributed by atoms with Crippen molar-refractivity contribution in [3.05, 3.63) is 118 Å². The van der Waals surface area contributed by atoms with Crippen LogP contribution in [0.4, 0.5) is 15.9 Å². The standard InChI is InChI=1S/C33H28ClFN6O3S2/c1-41(13-14-46(42,43)32-7-2-3-12-36-32)18-31-40-29(20-45-31)23-8-10-28-26(16-23)33(38-21-37-28)39-25-9-11-30(27(34)17-25)44-19-22-5-4-6-24(35)15-22/h2-12,15-17,20-21H,13-14,18-19H2,1H3,(H,37,38,39). The van der Waals surface area contributed by atoms with Gasteiger partial charge in [0.15, 0.2) is 14.9 Å². The number of pyridine rings is 1. The van der Waals surface area contributed by atoms with Crippen molar-refractivity contribution < 1.29 is 17.5 Å². The minimum absolute atomic E-state index is 0.0327. The van der Waals surface area contributed by atoms with Crippen LogP contribution in [0.5, 0.6) is 5.75 Å². The Bertz CT molecular complexity index is 2100. The van der Waals surface area contributed by atoms with Crippen molar-refractivity contribution in [3.63, 3.8) is 0 Å². The van der Waals surface area contributed by atoms with Crippen LogP contribution in [-0.2, 0) is 23.0 Å². The van der Waals surface area contributed by atoms with Crippen LogP contribution in [0.1, 0.15) is 10.6 Å². The quantitative estimate of drug-likeness (QED) is 0.144. The number of rotatable bonds is 12. The number of hydrogen-bond acceptors (Lipinski definition) is 10. The van der Waals surface area contributed by atoms with Gasteiger partial charge in [-0.1, -0.05) is 35.9 Å². The number of halogens is 2. The second-order valence-corrected chi connectivity index (χ2v) is 13.9. The fraction of sp³-hybridized carbons (Fsp3) is 0.152. The van der Waals surface area contributed by atoms with Crippen molar-refractivity contribution >= 4 is 55.2 Å². The maximum atomic E-state index is 13.5. The molecule has 0 fully saturated rings. The highest BCUT2D eigenvalue weighted by molar-refractivity contribution is 7.91. The molecule has 234 valence electrons. The highest BCUT2D eigenvalue weighted by Gasteiger charge is 2.17. The molecule has 46 heavy (non-hydrogen) atoms. The van der Waals surface area contributed by atoms with Crippen molar-refractivity contribution in [3.8, 4) is 17.0 Å². The number of hydrogen-bond donors (Lipinski definition) is 1. The molecular weight excluding hydrogens is 647 g/mol. The molecule has 0 aliphatic carbocycles. The first-order valence-electron chi connectivity index (χ1n) is 14.2. The van der Waals surface area contributed by atoms with Gasteiger partial charge in [-0.3, -0.25) is 4.90 Å². The van der Waals surface area contributed by atoms with E-state index in [2.05, 4.69) is 20.3 Å². The van der Waals surface area contributed by atoms with E-state index in [4.69, 9.17) is 21.3 Å². The summed E-state index contributed by atoms with van der Waals surface area (Å²) >= 11 is 8.02. The van der Waals surface area contributed by atoms with Gasteiger partial charge in [0.1, 0.15) is 35.3 Å². The zero-order chi connectivity index (χ0) is 32.1. The van der Waals surface area contributed by atoms with Crippen molar-refractivity contribution in [1.82, 2.24) is 24.8 Å². The van der Waals surface area contributed by atoms with Gasteiger partial charge < -0.3 is 10.1 Å². The summed E-state index contributed by atoms with van der Waals surface area (Å²) in [6, 6.07) is 22.3. The number of nitrogens with one attached hydrogen (secondary N) is 1. The molecular formula is C33H28ClFN6O3S2. The number of ether oxygens (including phenoxy) is 1. The molecule has 0 unspecified atom stereocenters. The van der Waals surface area contributed by atoms with E-state index in [1.54, 1.807) is 36.4 Å². The third-order valence-electron chi connectivity index (χ3n) is 7.06. The van der Waals surface area contributed by atoms with Crippen LogP contribution in [-0.4, -0.2) is 52.6 Å². The normalized spacial score (nSPS) is 11.7. The lowest BCUT2D eigenvalue weighted by molar-refractivity contribution is 0.306. The Balaban J connectivity index is 1.13. The van der Waals surface area contributed by atoms with Gasteiger partial charge >= 0.3 is 0 Å². The predicted molar refractivity (Wildman–Crippen MR) is 179 cm³/mol. The molecule has 0 aliphatic heterocycles. The van der Waals surface area contributed by atoms with E-state index in [0.29, 0.717) is 40.9 Å². The number of thiazole rings is 1. The monoisotopic (exact) mass is 674 g/mol. The molecule has 3 aromatic carbocycles. The van der Waals surface area contributed by atoms with Crippen molar-refractivity contribution in [2.45, 2.75) is 18.2 Å². The van der Waals surface area contributed by atoms with Gasteiger partial charge in [0.2, 0.25) is 0 Å². The maximum Gasteiger partial charge on any atom is 0.196 e. The molecule has 13 heteroatoms. The number of anilines is 2. The van der Waals surface area contributed by atoms with Gasteiger partial charge in [-0.25, -0.2) is 32.7 Å². The molecule has 6 rings (SSSR count). The number of fused-ring (bicyclic) bond motifs is 1. The van der Waals surface area contributed by atoms with Crippen LogP contribution in [0.25, 0.3) is 22.2 Å². The maximum absolute atomic E-state index is 13.5. The molecule has 0 radical (unpaired) electrons. The van der Waals surface area contributed by atoms with E-state index in [0.717, 1.165) is 27.2 Å². The van der Waals surface area contributed by atoms with Gasteiger partial charge in [-0.05, 0) is 67.2 Å². The van der Waals surface area contributed by atoms with Crippen molar-refractivity contribution in [2.75, 3.05) is 24.7 Å². The summed E-state index contributed by atoms with van der Waals surface area (Å²) in [4.78, 5) is 19.6. The summed E-state index contributed by atoms with van der Waals surface area (Å²) in [5.74, 6) is 0.721. The number of nitrogens with zero attached hydrogens (tertiary/aromatic N) is 5. The summed E-state index contributed by atoms with van der Waals surface area (Å²) in [6.45, 7) is 1.04. The van der Waals surface area contributed by atoms with Crippen LogP contribution in [0, 0.1) is 5.82 Å². The van der Waals surface area contributed by atoms with Crippen LogP contribution in [0.3, 0.4) is 0 Å². The number of sulfone groups is 1. The van der Waals surface area contributed by atoms with E-state index in [9.17, 15) is 12.8 Å². The molecule has 0 atom stereocenters. The minimum atomic E-state index is -3.46. The molecule has 0 saturated heterocycles. The first-order chi connectivity index (χ1) is 22.2. The molecule has 0 saturated carbocycles.